The molecular formula is C15H16FNO. The van der Waals surface area contributed by atoms with Crippen LogP contribution in [0.1, 0.15) is 11.1 Å². The summed E-state index contributed by atoms with van der Waals surface area (Å²) in [7, 11) is 1.90. The maximum atomic E-state index is 13.5. The average molecular weight is 245 g/mol. The molecule has 0 atom stereocenters. The molecule has 2 nitrogen and oxygen atoms in total. The van der Waals surface area contributed by atoms with Crippen molar-refractivity contribution in [1.82, 2.24) is 5.32 Å². The number of rotatable bonds is 4. The molecule has 94 valence electrons. The fourth-order valence-corrected chi connectivity index (χ4v) is 1.70. The van der Waals surface area contributed by atoms with E-state index in [4.69, 9.17) is 4.74 Å². The molecular weight excluding hydrogens is 229 g/mol. The standard InChI is InChI=1S/C15H16FNO/c1-11-3-8-14(16)15(9-11)18-13-6-4-12(5-7-13)10-17-2/h3-9,17H,10H2,1-2H3. The maximum Gasteiger partial charge on any atom is 0.165 e. The van der Waals surface area contributed by atoms with E-state index in [2.05, 4.69) is 5.32 Å². The van der Waals surface area contributed by atoms with Crippen molar-refractivity contribution in [3.63, 3.8) is 0 Å². The predicted molar refractivity (Wildman–Crippen MR) is 70.4 cm³/mol. The van der Waals surface area contributed by atoms with E-state index < -0.39 is 0 Å². The molecule has 0 heterocycles. The Kier molecular flexibility index (Phi) is 3.95. The topological polar surface area (TPSA) is 21.3 Å². The van der Waals surface area contributed by atoms with Crippen molar-refractivity contribution < 1.29 is 9.13 Å². The molecule has 0 aromatic heterocycles. The maximum absolute atomic E-state index is 13.5. The van der Waals surface area contributed by atoms with Crippen LogP contribution in [0.5, 0.6) is 11.5 Å². The number of hydrogen-bond acceptors (Lipinski definition) is 2. The minimum Gasteiger partial charge on any atom is -0.454 e. The zero-order valence-corrected chi connectivity index (χ0v) is 10.5. The van der Waals surface area contributed by atoms with E-state index in [0.717, 1.165) is 17.7 Å². The van der Waals surface area contributed by atoms with Crippen LogP contribution in [0.2, 0.25) is 0 Å². The van der Waals surface area contributed by atoms with Gasteiger partial charge >= 0.3 is 0 Å². The third-order valence-electron chi connectivity index (χ3n) is 2.62. The van der Waals surface area contributed by atoms with Gasteiger partial charge in [-0.3, -0.25) is 0 Å². The summed E-state index contributed by atoms with van der Waals surface area (Å²) in [5.41, 5.74) is 2.13. The Labute approximate surface area is 106 Å². The molecule has 1 N–H and O–H groups in total. The Balaban J connectivity index is 2.15. The van der Waals surface area contributed by atoms with Crippen molar-refractivity contribution >= 4 is 0 Å². The highest BCUT2D eigenvalue weighted by molar-refractivity contribution is 5.35. The van der Waals surface area contributed by atoms with Gasteiger partial charge in [0.25, 0.3) is 0 Å². The van der Waals surface area contributed by atoms with E-state index in [-0.39, 0.29) is 11.6 Å². The first kappa shape index (κ1) is 12.6. The van der Waals surface area contributed by atoms with Crippen molar-refractivity contribution in [2.45, 2.75) is 13.5 Å². The van der Waals surface area contributed by atoms with E-state index in [9.17, 15) is 4.39 Å². The zero-order valence-electron chi connectivity index (χ0n) is 10.5. The summed E-state index contributed by atoms with van der Waals surface area (Å²) in [6.07, 6.45) is 0. The molecule has 0 saturated heterocycles. The Morgan fingerprint density at radius 3 is 2.50 bits per heavy atom. The van der Waals surface area contributed by atoms with Crippen LogP contribution in [0.15, 0.2) is 42.5 Å². The van der Waals surface area contributed by atoms with Gasteiger partial charge in [-0.1, -0.05) is 18.2 Å². The SMILES string of the molecule is CNCc1ccc(Oc2cc(C)ccc2F)cc1. The first-order valence-corrected chi connectivity index (χ1v) is 5.86. The normalized spacial score (nSPS) is 10.4. The second kappa shape index (κ2) is 5.65. The molecule has 0 aliphatic carbocycles. The van der Waals surface area contributed by atoms with Gasteiger partial charge < -0.3 is 10.1 Å². The zero-order chi connectivity index (χ0) is 13.0. The Morgan fingerprint density at radius 1 is 1.11 bits per heavy atom. The molecule has 0 radical (unpaired) electrons. The summed E-state index contributed by atoms with van der Waals surface area (Å²) < 4.78 is 19.0. The van der Waals surface area contributed by atoms with Crippen LogP contribution in [-0.4, -0.2) is 7.05 Å². The predicted octanol–water partition coefficient (Wildman–Crippen LogP) is 3.65. The fourth-order valence-electron chi connectivity index (χ4n) is 1.70. The third kappa shape index (κ3) is 3.08. The lowest BCUT2D eigenvalue weighted by Crippen LogP contribution is -2.04. The lowest BCUT2D eigenvalue weighted by Gasteiger charge is -2.08. The minimum absolute atomic E-state index is 0.261. The third-order valence-corrected chi connectivity index (χ3v) is 2.62. The number of hydrogen-bond donors (Lipinski definition) is 1. The first-order chi connectivity index (χ1) is 8.69. The van der Waals surface area contributed by atoms with Crippen molar-refractivity contribution in [2.75, 3.05) is 7.05 Å². The number of ether oxygens (including phenoxy) is 1. The van der Waals surface area contributed by atoms with E-state index in [1.807, 2.05) is 38.2 Å². The van der Waals surface area contributed by atoms with Gasteiger partial charge in [0.15, 0.2) is 11.6 Å². The van der Waals surface area contributed by atoms with Crippen LogP contribution < -0.4 is 10.1 Å². The van der Waals surface area contributed by atoms with Gasteiger partial charge in [-0.05, 0) is 49.4 Å². The van der Waals surface area contributed by atoms with Gasteiger partial charge in [-0.2, -0.15) is 0 Å². The van der Waals surface area contributed by atoms with Gasteiger partial charge in [0.05, 0.1) is 0 Å². The van der Waals surface area contributed by atoms with Gasteiger partial charge in [0, 0.05) is 6.54 Å². The summed E-state index contributed by atoms with van der Waals surface area (Å²) in [6.45, 7) is 2.71. The monoisotopic (exact) mass is 245 g/mol. The van der Waals surface area contributed by atoms with Crippen LogP contribution >= 0.6 is 0 Å². The van der Waals surface area contributed by atoms with Gasteiger partial charge in [0.2, 0.25) is 0 Å². The molecule has 0 saturated carbocycles. The van der Waals surface area contributed by atoms with Crippen molar-refractivity contribution in [2.24, 2.45) is 0 Å². The van der Waals surface area contributed by atoms with Crippen LogP contribution in [0.4, 0.5) is 4.39 Å². The first-order valence-electron chi connectivity index (χ1n) is 5.86. The average Bonchev–Trinajstić information content (AvgIpc) is 2.37. The quantitative estimate of drug-likeness (QED) is 0.887. The highest BCUT2D eigenvalue weighted by Gasteiger charge is 2.04. The summed E-state index contributed by atoms with van der Waals surface area (Å²) >= 11 is 0. The molecule has 0 unspecified atom stereocenters. The second-order valence-corrected chi connectivity index (χ2v) is 4.21. The van der Waals surface area contributed by atoms with E-state index in [0.29, 0.717) is 5.75 Å². The summed E-state index contributed by atoms with van der Waals surface area (Å²) in [4.78, 5) is 0. The minimum atomic E-state index is -0.347. The van der Waals surface area contributed by atoms with Crippen LogP contribution in [-0.2, 0) is 6.54 Å². The van der Waals surface area contributed by atoms with Gasteiger partial charge in [0.1, 0.15) is 5.75 Å². The smallest absolute Gasteiger partial charge is 0.165 e. The second-order valence-electron chi connectivity index (χ2n) is 4.21. The molecule has 3 heteroatoms. The summed E-state index contributed by atoms with van der Waals surface area (Å²) in [6, 6.07) is 12.4. The molecule has 2 aromatic carbocycles. The van der Waals surface area contributed by atoms with E-state index in [1.165, 1.54) is 6.07 Å². The highest BCUT2D eigenvalue weighted by Crippen LogP contribution is 2.25. The molecule has 0 bridgehead atoms. The molecule has 0 aliphatic rings. The van der Waals surface area contributed by atoms with Crippen LogP contribution in [0.25, 0.3) is 0 Å². The van der Waals surface area contributed by atoms with Crippen molar-refractivity contribution in [3.8, 4) is 11.5 Å². The summed E-state index contributed by atoms with van der Waals surface area (Å²) in [5, 5.41) is 3.07. The van der Waals surface area contributed by atoms with Crippen LogP contribution in [0.3, 0.4) is 0 Å². The molecule has 2 rings (SSSR count). The van der Waals surface area contributed by atoms with Crippen LogP contribution in [0, 0.1) is 12.7 Å². The van der Waals surface area contributed by atoms with Crippen molar-refractivity contribution in [3.05, 3.63) is 59.4 Å². The molecule has 2 aromatic rings. The molecule has 0 spiro atoms. The van der Waals surface area contributed by atoms with E-state index >= 15 is 0 Å². The van der Waals surface area contributed by atoms with Gasteiger partial charge in [-0.25, -0.2) is 4.39 Å². The molecule has 0 aliphatic heterocycles. The lowest BCUT2D eigenvalue weighted by atomic mass is 10.2. The number of nitrogens with one attached hydrogen (secondary N) is 1. The van der Waals surface area contributed by atoms with Gasteiger partial charge in [-0.15, -0.1) is 0 Å². The molecule has 0 fully saturated rings. The van der Waals surface area contributed by atoms with E-state index in [1.54, 1.807) is 12.1 Å². The number of benzene rings is 2. The lowest BCUT2D eigenvalue weighted by molar-refractivity contribution is 0.441. The number of aryl methyl sites for hydroxylation is 1. The summed E-state index contributed by atoms with van der Waals surface area (Å²) in [5.74, 6) is 0.552. The molecule has 0 amide bonds. The Hall–Kier alpha value is -1.87. The Bertz CT molecular complexity index is 523. The van der Waals surface area contributed by atoms with Crippen molar-refractivity contribution in [1.29, 1.82) is 0 Å². The fraction of sp³-hybridized carbons (Fsp3) is 0.200. The Morgan fingerprint density at radius 2 is 1.83 bits per heavy atom. The largest absolute Gasteiger partial charge is 0.454 e. The number of halogens is 1. The molecule has 18 heavy (non-hydrogen) atoms. The highest BCUT2D eigenvalue weighted by atomic mass is 19.1.